The zero-order valence-electron chi connectivity index (χ0n) is 10.6. The van der Waals surface area contributed by atoms with Crippen LogP contribution in [-0.2, 0) is 27.8 Å². The Kier molecular flexibility index (Phi) is 4.35. The second-order valence-corrected chi connectivity index (χ2v) is 6.61. The second-order valence-electron chi connectivity index (χ2n) is 4.01. The average molecular weight is 315 g/mol. The molecule has 108 valence electrons. The minimum absolute atomic E-state index is 0.0860. The number of amides is 1. The third-order valence-electron chi connectivity index (χ3n) is 2.17. The van der Waals surface area contributed by atoms with E-state index in [4.69, 9.17) is 0 Å². The van der Waals surface area contributed by atoms with Crippen LogP contribution in [0.5, 0.6) is 0 Å². The summed E-state index contributed by atoms with van der Waals surface area (Å²) in [7, 11) is -3.35. The lowest BCUT2D eigenvalue weighted by Crippen LogP contribution is -2.25. The summed E-state index contributed by atoms with van der Waals surface area (Å²) in [5.41, 5.74) is 0.512. The van der Waals surface area contributed by atoms with Gasteiger partial charge in [0.25, 0.3) is 0 Å². The molecular formula is C10H13N5O3S2. The van der Waals surface area contributed by atoms with E-state index in [1.807, 2.05) is 0 Å². The molecule has 0 aliphatic rings. The zero-order chi connectivity index (χ0) is 14.6. The largest absolute Gasteiger partial charge is 0.349 e. The van der Waals surface area contributed by atoms with Crippen molar-refractivity contribution in [2.24, 2.45) is 0 Å². The molecule has 2 heterocycles. The predicted octanol–water partition coefficient (Wildman–Crippen LogP) is 0.0966. The minimum atomic E-state index is -3.35. The molecule has 2 aromatic rings. The van der Waals surface area contributed by atoms with Gasteiger partial charge in [0.1, 0.15) is 5.82 Å². The van der Waals surface area contributed by atoms with E-state index in [1.165, 1.54) is 0 Å². The zero-order valence-corrected chi connectivity index (χ0v) is 12.2. The van der Waals surface area contributed by atoms with Gasteiger partial charge in [-0.15, -0.1) is 11.3 Å². The lowest BCUT2D eigenvalue weighted by atomic mass is 10.3. The van der Waals surface area contributed by atoms with E-state index >= 15 is 0 Å². The van der Waals surface area contributed by atoms with E-state index in [0.717, 1.165) is 17.6 Å². The fourth-order valence-corrected chi connectivity index (χ4v) is 2.96. The normalized spacial score (nSPS) is 11.2. The van der Waals surface area contributed by atoms with Crippen LogP contribution in [0, 0.1) is 0 Å². The highest BCUT2D eigenvalue weighted by atomic mass is 32.2. The molecular weight excluding hydrogens is 302 g/mol. The number of anilines is 1. The van der Waals surface area contributed by atoms with Crippen molar-refractivity contribution in [1.82, 2.24) is 20.3 Å². The number of nitrogens with one attached hydrogen (secondary N) is 3. The van der Waals surface area contributed by atoms with Crippen LogP contribution in [-0.4, -0.2) is 35.5 Å². The molecule has 0 spiro atoms. The Bertz CT molecular complexity index is 678. The van der Waals surface area contributed by atoms with E-state index in [0.29, 0.717) is 18.1 Å². The maximum Gasteiger partial charge on any atom is 0.231 e. The first kappa shape index (κ1) is 14.5. The molecule has 3 N–H and O–H groups in total. The number of hydrogen-bond donors (Lipinski definition) is 3. The predicted molar refractivity (Wildman–Crippen MR) is 74.7 cm³/mol. The van der Waals surface area contributed by atoms with Gasteiger partial charge in [0.05, 0.1) is 24.9 Å². The quantitative estimate of drug-likeness (QED) is 0.699. The standard InChI is InChI=1S/C10H13N5O3S2/c1-20(17,18)15-10-14-7(6-19-10)4-9(16)13-5-8-11-2-3-12-8/h2-3,6H,4-5H2,1H3,(H,11,12)(H,13,16)(H,14,15). The molecule has 0 aliphatic heterocycles. The van der Waals surface area contributed by atoms with Crippen molar-refractivity contribution in [3.63, 3.8) is 0 Å². The topological polar surface area (TPSA) is 117 Å². The second kappa shape index (κ2) is 6.01. The maximum atomic E-state index is 11.7. The fourth-order valence-electron chi connectivity index (χ4n) is 1.40. The van der Waals surface area contributed by atoms with Gasteiger partial charge in [-0.1, -0.05) is 0 Å². The molecule has 2 aromatic heterocycles. The number of imidazole rings is 1. The van der Waals surface area contributed by atoms with E-state index < -0.39 is 10.0 Å². The molecule has 0 bridgehead atoms. The van der Waals surface area contributed by atoms with E-state index in [-0.39, 0.29) is 17.5 Å². The first-order chi connectivity index (χ1) is 9.42. The Hall–Kier alpha value is -1.94. The van der Waals surface area contributed by atoms with Gasteiger partial charge in [-0.05, 0) is 0 Å². The van der Waals surface area contributed by atoms with Crippen LogP contribution in [0.1, 0.15) is 11.5 Å². The molecule has 1 amide bonds. The summed E-state index contributed by atoms with van der Waals surface area (Å²) in [5.74, 6) is 0.452. The molecule has 0 aliphatic carbocycles. The lowest BCUT2D eigenvalue weighted by Gasteiger charge is -2.01. The van der Waals surface area contributed by atoms with Crippen molar-refractivity contribution in [3.8, 4) is 0 Å². The number of H-pyrrole nitrogens is 1. The molecule has 0 aromatic carbocycles. The Balaban J connectivity index is 1.85. The van der Waals surface area contributed by atoms with Crippen molar-refractivity contribution >= 4 is 32.4 Å². The van der Waals surface area contributed by atoms with Gasteiger partial charge >= 0.3 is 0 Å². The summed E-state index contributed by atoms with van der Waals surface area (Å²) in [5, 5.41) is 4.57. The van der Waals surface area contributed by atoms with Crippen LogP contribution < -0.4 is 10.0 Å². The van der Waals surface area contributed by atoms with Gasteiger partial charge in [-0.3, -0.25) is 9.52 Å². The van der Waals surface area contributed by atoms with Crippen molar-refractivity contribution in [2.45, 2.75) is 13.0 Å². The van der Waals surface area contributed by atoms with Crippen LogP contribution in [0.15, 0.2) is 17.8 Å². The highest BCUT2D eigenvalue weighted by Gasteiger charge is 2.10. The SMILES string of the molecule is CS(=O)(=O)Nc1nc(CC(=O)NCc2ncc[nH]2)cs1. The summed E-state index contributed by atoms with van der Waals surface area (Å²) in [6, 6.07) is 0. The van der Waals surface area contributed by atoms with Gasteiger partial charge in [-0.25, -0.2) is 18.4 Å². The van der Waals surface area contributed by atoms with Crippen LogP contribution in [0.3, 0.4) is 0 Å². The minimum Gasteiger partial charge on any atom is -0.349 e. The molecule has 0 atom stereocenters. The summed E-state index contributed by atoms with van der Waals surface area (Å²) < 4.78 is 24.3. The van der Waals surface area contributed by atoms with Crippen molar-refractivity contribution < 1.29 is 13.2 Å². The Morgan fingerprint density at radius 1 is 1.50 bits per heavy atom. The van der Waals surface area contributed by atoms with Crippen LogP contribution in [0.2, 0.25) is 0 Å². The molecule has 2 rings (SSSR count). The number of aromatic nitrogens is 3. The van der Waals surface area contributed by atoms with E-state index in [1.54, 1.807) is 17.8 Å². The number of sulfonamides is 1. The smallest absolute Gasteiger partial charge is 0.231 e. The van der Waals surface area contributed by atoms with Gasteiger partial charge in [0.2, 0.25) is 15.9 Å². The van der Waals surface area contributed by atoms with E-state index in [2.05, 4.69) is 25.0 Å². The molecule has 0 radical (unpaired) electrons. The highest BCUT2D eigenvalue weighted by Crippen LogP contribution is 2.16. The number of thiazole rings is 1. The summed E-state index contributed by atoms with van der Waals surface area (Å²) in [4.78, 5) is 22.5. The Morgan fingerprint density at radius 3 is 2.95 bits per heavy atom. The molecule has 0 saturated carbocycles. The molecule has 20 heavy (non-hydrogen) atoms. The average Bonchev–Trinajstić information content (AvgIpc) is 2.96. The molecule has 8 nitrogen and oxygen atoms in total. The third-order valence-corrected chi connectivity index (χ3v) is 3.67. The Labute approximate surface area is 119 Å². The van der Waals surface area contributed by atoms with Gasteiger partial charge in [-0.2, -0.15) is 0 Å². The molecule has 10 heteroatoms. The number of carbonyl (C=O) groups excluding carboxylic acids is 1. The summed E-state index contributed by atoms with van der Waals surface area (Å²) >= 11 is 1.13. The summed E-state index contributed by atoms with van der Waals surface area (Å²) in [6.45, 7) is 0.310. The highest BCUT2D eigenvalue weighted by molar-refractivity contribution is 7.92. The first-order valence-electron chi connectivity index (χ1n) is 5.59. The molecule has 0 unspecified atom stereocenters. The van der Waals surface area contributed by atoms with Gasteiger partial charge in [0, 0.05) is 17.8 Å². The number of carbonyl (C=O) groups is 1. The maximum absolute atomic E-state index is 11.7. The monoisotopic (exact) mass is 315 g/mol. The number of nitrogens with zero attached hydrogens (tertiary/aromatic N) is 2. The number of hydrogen-bond acceptors (Lipinski definition) is 6. The van der Waals surface area contributed by atoms with Gasteiger partial charge < -0.3 is 10.3 Å². The van der Waals surface area contributed by atoms with E-state index in [9.17, 15) is 13.2 Å². The third kappa shape index (κ3) is 4.63. The van der Waals surface area contributed by atoms with Crippen LogP contribution in [0.4, 0.5) is 5.13 Å². The number of aromatic amines is 1. The van der Waals surface area contributed by atoms with Crippen LogP contribution in [0.25, 0.3) is 0 Å². The Morgan fingerprint density at radius 2 is 2.30 bits per heavy atom. The van der Waals surface area contributed by atoms with Crippen LogP contribution >= 0.6 is 11.3 Å². The molecule has 0 fully saturated rings. The summed E-state index contributed by atoms with van der Waals surface area (Å²) in [6.07, 6.45) is 4.41. The van der Waals surface area contributed by atoms with Crippen molar-refractivity contribution in [1.29, 1.82) is 0 Å². The number of rotatable bonds is 6. The fraction of sp³-hybridized carbons (Fsp3) is 0.300. The first-order valence-corrected chi connectivity index (χ1v) is 8.36. The van der Waals surface area contributed by atoms with Gasteiger partial charge in [0.15, 0.2) is 5.13 Å². The van der Waals surface area contributed by atoms with Crippen molar-refractivity contribution in [3.05, 3.63) is 29.3 Å². The van der Waals surface area contributed by atoms with Crippen molar-refractivity contribution in [2.75, 3.05) is 11.0 Å². The lowest BCUT2D eigenvalue weighted by molar-refractivity contribution is -0.120. The molecule has 0 saturated heterocycles.